The highest BCUT2D eigenvalue weighted by Gasteiger charge is 2.32. The zero-order valence-electron chi connectivity index (χ0n) is 13.6. The van der Waals surface area contributed by atoms with Gasteiger partial charge >= 0.3 is 12.5 Å². The Balaban J connectivity index is 2.12. The molecule has 0 fully saturated rings. The summed E-state index contributed by atoms with van der Waals surface area (Å²) in [5.41, 5.74) is -0.779. The first-order valence-electron chi connectivity index (χ1n) is 7.47. The fourth-order valence-corrected chi connectivity index (χ4v) is 2.50. The Labute approximate surface area is 153 Å². The van der Waals surface area contributed by atoms with E-state index in [9.17, 15) is 26.3 Å². The summed E-state index contributed by atoms with van der Waals surface area (Å²) in [5, 5.41) is 18.5. The van der Waals surface area contributed by atoms with E-state index in [0.717, 1.165) is 30.3 Å². The fraction of sp³-hybridized carbons (Fsp3) is 0.118. The van der Waals surface area contributed by atoms with Crippen LogP contribution in [0.1, 0.15) is 11.3 Å². The second kappa shape index (κ2) is 6.88. The summed E-state index contributed by atoms with van der Waals surface area (Å²) in [7, 11) is 0. The quantitative estimate of drug-likeness (QED) is 0.635. The van der Waals surface area contributed by atoms with Crippen LogP contribution in [0, 0.1) is 11.3 Å². The lowest BCUT2D eigenvalue weighted by molar-refractivity contribution is -0.274. The maximum absolute atomic E-state index is 13.1. The second-order valence-electron chi connectivity index (χ2n) is 5.48. The molecule has 0 aliphatic heterocycles. The van der Waals surface area contributed by atoms with Gasteiger partial charge in [-0.05, 0) is 35.4 Å². The van der Waals surface area contributed by atoms with E-state index < -0.39 is 23.9 Å². The third-order valence-electron chi connectivity index (χ3n) is 3.66. The molecule has 2 aromatic carbocycles. The Kier molecular flexibility index (Phi) is 4.72. The SMILES string of the molecule is N#Cc1[nH]nnc1-c1cc(C(F)(F)F)ccc1-c1ccc(OC(F)(F)F)cc1. The monoisotopic (exact) mass is 398 g/mol. The van der Waals surface area contributed by atoms with Gasteiger partial charge in [-0.1, -0.05) is 23.4 Å². The Bertz CT molecular complexity index is 1030. The third kappa shape index (κ3) is 4.06. The summed E-state index contributed by atoms with van der Waals surface area (Å²) in [6, 6.07) is 9.06. The van der Waals surface area contributed by atoms with Crippen LogP contribution in [0.4, 0.5) is 26.3 Å². The lowest BCUT2D eigenvalue weighted by Crippen LogP contribution is -2.16. The van der Waals surface area contributed by atoms with Crippen molar-refractivity contribution in [1.82, 2.24) is 15.4 Å². The Hall–Kier alpha value is -3.55. The largest absolute Gasteiger partial charge is 0.573 e. The average molecular weight is 398 g/mol. The van der Waals surface area contributed by atoms with Gasteiger partial charge in [-0.2, -0.15) is 18.4 Å². The molecular formula is C17H8F6N4O. The molecule has 0 bridgehead atoms. The van der Waals surface area contributed by atoms with Gasteiger partial charge in [-0.3, -0.25) is 0 Å². The van der Waals surface area contributed by atoms with Crippen LogP contribution in [0.3, 0.4) is 0 Å². The number of halogens is 6. The van der Waals surface area contributed by atoms with Crippen molar-refractivity contribution < 1.29 is 31.1 Å². The van der Waals surface area contributed by atoms with E-state index in [4.69, 9.17) is 5.26 Å². The molecule has 0 unspecified atom stereocenters. The van der Waals surface area contributed by atoms with Crippen molar-refractivity contribution in [3.63, 3.8) is 0 Å². The number of alkyl halides is 6. The molecule has 3 rings (SSSR count). The number of aromatic amines is 1. The number of nitriles is 1. The topological polar surface area (TPSA) is 74.6 Å². The van der Waals surface area contributed by atoms with Crippen molar-refractivity contribution in [2.24, 2.45) is 0 Å². The van der Waals surface area contributed by atoms with Crippen LogP contribution in [-0.2, 0) is 6.18 Å². The van der Waals surface area contributed by atoms with Crippen LogP contribution in [0.2, 0.25) is 0 Å². The Morgan fingerprint density at radius 3 is 2.18 bits per heavy atom. The van der Waals surface area contributed by atoms with Crippen molar-refractivity contribution in [2.75, 3.05) is 0 Å². The van der Waals surface area contributed by atoms with Crippen LogP contribution in [0.5, 0.6) is 5.75 Å². The van der Waals surface area contributed by atoms with Crippen LogP contribution in [-0.4, -0.2) is 21.8 Å². The Morgan fingerprint density at radius 2 is 1.61 bits per heavy atom. The normalized spacial score (nSPS) is 11.9. The summed E-state index contributed by atoms with van der Waals surface area (Å²) in [6.45, 7) is 0. The predicted molar refractivity (Wildman–Crippen MR) is 83.7 cm³/mol. The molecule has 3 aromatic rings. The molecule has 0 amide bonds. The van der Waals surface area contributed by atoms with Gasteiger partial charge < -0.3 is 4.74 Å². The number of benzene rings is 2. The van der Waals surface area contributed by atoms with E-state index in [0.29, 0.717) is 5.56 Å². The molecule has 5 nitrogen and oxygen atoms in total. The van der Waals surface area contributed by atoms with Gasteiger partial charge in [-0.25, -0.2) is 5.10 Å². The summed E-state index contributed by atoms with van der Waals surface area (Å²) in [4.78, 5) is 0. The summed E-state index contributed by atoms with van der Waals surface area (Å²) in [5.74, 6) is -0.483. The molecule has 0 saturated carbocycles. The number of aromatic nitrogens is 3. The third-order valence-corrected chi connectivity index (χ3v) is 3.66. The number of rotatable bonds is 3. The minimum absolute atomic E-state index is 0.0513. The van der Waals surface area contributed by atoms with Crippen molar-refractivity contribution in [3.8, 4) is 34.2 Å². The van der Waals surface area contributed by atoms with Gasteiger partial charge in [0.15, 0.2) is 5.69 Å². The first kappa shape index (κ1) is 19.2. The molecule has 11 heteroatoms. The Morgan fingerprint density at radius 1 is 0.929 bits per heavy atom. The van der Waals surface area contributed by atoms with E-state index in [1.807, 2.05) is 0 Å². The van der Waals surface area contributed by atoms with E-state index in [1.54, 1.807) is 6.07 Å². The standard InChI is InChI=1S/C17H8F6N4O/c18-16(19,20)10-3-6-12(13(7-10)15-14(8-24)25-27-26-15)9-1-4-11(5-2-9)28-17(21,22)23/h1-7H,(H,25,26,27). The van der Waals surface area contributed by atoms with Crippen molar-refractivity contribution in [3.05, 3.63) is 53.7 Å². The minimum Gasteiger partial charge on any atom is -0.406 e. The van der Waals surface area contributed by atoms with Crippen LogP contribution >= 0.6 is 0 Å². The summed E-state index contributed by atoms with van der Waals surface area (Å²) >= 11 is 0. The van der Waals surface area contributed by atoms with Crippen molar-refractivity contribution >= 4 is 0 Å². The number of hydrogen-bond donors (Lipinski definition) is 1. The second-order valence-corrected chi connectivity index (χ2v) is 5.48. The van der Waals surface area contributed by atoms with Crippen LogP contribution in [0.25, 0.3) is 22.4 Å². The molecule has 1 N–H and O–H groups in total. The molecule has 0 saturated heterocycles. The number of nitrogens with one attached hydrogen (secondary N) is 1. The van der Waals surface area contributed by atoms with Gasteiger partial charge in [0.2, 0.25) is 0 Å². The number of ether oxygens (including phenoxy) is 1. The first-order chi connectivity index (χ1) is 13.1. The van der Waals surface area contributed by atoms with E-state index in [1.165, 1.54) is 12.1 Å². The number of hydrogen-bond acceptors (Lipinski definition) is 4. The van der Waals surface area contributed by atoms with Crippen LogP contribution in [0.15, 0.2) is 42.5 Å². The maximum atomic E-state index is 13.1. The number of nitrogens with zero attached hydrogens (tertiary/aromatic N) is 3. The molecule has 28 heavy (non-hydrogen) atoms. The molecule has 0 atom stereocenters. The lowest BCUT2D eigenvalue weighted by atomic mass is 9.94. The highest BCUT2D eigenvalue weighted by atomic mass is 19.4. The van der Waals surface area contributed by atoms with Crippen molar-refractivity contribution in [1.29, 1.82) is 5.26 Å². The summed E-state index contributed by atoms with van der Waals surface area (Å²) < 4.78 is 79.9. The molecule has 0 radical (unpaired) electrons. The van der Waals surface area contributed by atoms with Crippen LogP contribution < -0.4 is 4.74 Å². The van der Waals surface area contributed by atoms with Gasteiger partial charge in [0.25, 0.3) is 0 Å². The highest BCUT2D eigenvalue weighted by molar-refractivity contribution is 5.84. The average Bonchev–Trinajstić information content (AvgIpc) is 3.08. The van der Waals surface area contributed by atoms with Gasteiger partial charge in [-0.15, -0.1) is 18.3 Å². The zero-order chi connectivity index (χ0) is 20.5. The van der Waals surface area contributed by atoms with E-state index in [-0.39, 0.29) is 22.5 Å². The van der Waals surface area contributed by atoms with E-state index in [2.05, 4.69) is 20.1 Å². The molecule has 0 aliphatic rings. The number of H-pyrrole nitrogens is 1. The molecule has 144 valence electrons. The maximum Gasteiger partial charge on any atom is 0.573 e. The molecule has 1 aromatic heterocycles. The molecule has 1 heterocycles. The molecular weight excluding hydrogens is 390 g/mol. The smallest absolute Gasteiger partial charge is 0.406 e. The van der Waals surface area contributed by atoms with E-state index >= 15 is 0 Å². The predicted octanol–water partition coefficient (Wildman–Crippen LogP) is 4.93. The van der Waals surface area contributed by atoms with Gasteiger partial charge in [0.1, 0.15) is 17.5 Å². The van der Waals surface area contributed by atoms with Gasteiger partial charge in [0.05, 0.1) is 5.56 Å². The minimum atomic E-state index is -4.87. The van der Waals surface area contributed by atoms with Crippen molar-refractivity contribution in [2.45, 2.75) is 12.5 Å². The lowest BCUT2D eigenvalue weighted by Gasteiger charge is -2.14. The highest BCUT2D eigenvalue weighted by Crippen LogP contribution is 2.38. The molecule has 0 spiro atoms. The fourth-order valence-electron chi connectivity index (χ4n) is 2.50. The molecule has 0 aliphatic carbocycles. The summed E-state index contributed by atoms with van der Waals surface area (Å²) in [6.07, 6.45) is -9.52. The van der Waals surface area contributed by atoms with Gasteiger partial charge in [0, 0.05) is 5.56 Å². The first-order valence-corrected chi connectivity index (χ1v) is 7.47. The zero-order valence-corrected chi connectivity index (χ0v) is 13.6.